The molecule has 29 heavy (non-hydrogen) atoms. The third-order valence-corrected chi connectivity index (χ3v) is 4.34. The van der Waals surface area contributed by atoms with Gasteiger partial charge in [0.2, 0.25) is 5.91 Å². The van der Waals surface area contributed by atoms with Gasteiger partial charge >= 0.3 is 0 Å². The van der Waals surface area contributed by atoms with Gasteiger partial charge in [-0.2, -0.15) is 0 Å². The molecule has 0 unspecified atom stereocenters. The lowest BCUT2D eigenvalue weighted by molar-refractivity contribution is -0.114. The minimum absolute atomic E-state index is 0.123. The van der Waals surface area contributed by atoms with Crippen molar-refractivity contribution >= 4 is 34.7 Å². The van der Waals surface area contributed by atoms with Gasteiger partial charge in [-0.25, -0.2) is 9.97 Å². The Hall–Kier alpha value is -3.74. The first-order valence-corrected chi connectivity index (χ1v) is 9.33. The second-order valence-corrected chi connectivity index (χ2v) is 6.59. The molecule has 3 rings (SSSR count). The van der Waals surface area contributed by atoms with Crippen LogP contribution in [0.4, 0.5) is 22.9 Å². The molecule has 1 heterocycles. The minimum atomic E-state index is -0.298. The highest BCUT2D eigenvalue weighted by Crippen LogP contribution is 2.22. The zero-order valence-corrected chi connectivity index (χ0v) is 16.6. The predicted octanol–water partition coefficient (Wildman–Crippen LogP) is 4.30. The summed E-state index contributed by atoms with van der Waals surface area (Å²) in [6.07, 6.45) is 3.77. The number of hydrogen-bond acceptors (Lipinski definition) is 5. The molecule has 0 spiro atoms. The second-order valence-electron chi connectivity index (χ2n) is 6.59. The van der Waals surface area contributed by atoms with Crippen LogP contribution in [-0.4, -0.2) is 21.8 Å². The maximum Gasteiger partial charge on any atom is 0.275 e. The molecule has 0 aliphatic rings. The van der Waals surface area contributed by atoms with Crippen LogP contribution in [0.25, 0.3) is 0 Å². The maximum atomic E-state index is 12.6. The van der Waals surface area contributed by atoms with E-state index in [1.54, 1.807) is 12.1 Å². The molecule has 2 aromatic carbocycles. The van der Waals surface area contributed by atoms with Crippen molar-refractivity contribution in [1.82, 2.24) is 9.97 Å². The normalized spacial score (nSPS) is 10.3. The first kappa shape index (κ1) is 20.0. The highest BCUT2D eigenvalue weighted by molar-refractivity contribution is 6.03. The SMILES string of the molecule is CCc1cccc(C)c1NC(=O)c1cnc(Nc2ccc(NC(C)=O)cc2)cn1. The maximum absolute atomic E-state index is 12.6. The second kappa shape index (κ2) is 8.97. The van der Waals surface area contributed by atoms with Crippen LogP contribution in [0.3, 0.4) is 0 Å². The van der Waals surface area contributed by atoms with E-state index in [1.165, 1.54) is 19.3 Å². The summed E-state index contributed by atoms with van der Waals surface area (Å²) in [6.45, 7) is 5.47. The summed E-state index contributed by atoms with van der Waals surface area (Å²) in [4.78, 5) is 32.1. The molecule has 3 N–H and O–H groups in total. The number of anilines is 4. The van der Waals surface area contributed by atoms with E-state index in [2.05, 4.69) is 25.9 Å². The van der Waals surface area contributed by atoms with Crippen LogP contribution in [0.1, 0.15) is 35.5 Å². The highest BCUT2D eigenvalue weighted by Gasteiger charge is 2.12. The van der Waals surface area contributed by atoms with Gasteiger partial charge < -0.3 is 16.0 Å². The Morgan fingerprint density at radius 2 is 1.66 bits per heavy atom. The monoisotopic (exact) mass is 389 g/mol. The topological polar surface area (TPSA) is 96.0 Å². The van der Waals surface area contributed by atoms with Gasteiger partial charge in [-0.1, -0.05) is 25.1 Å². The third-order valence-electron chi connectivity index (χ3n) is 4.34. The predicted molar refractivity (Wildman–Crippen MR) is 115 cm³/mol. The van der Waals surface area contributed by atoms with Crippen LogP contribution in [-0.2, 0) is 11.2 Å². The summed E-state index contributed by atoms with van der Waals surface area (Å²) in [5.74, 6) is 0.0915. The van der Waals surface area contributed by atoms with Gasteiger partial charge in [0.15, 0.2) is 0 Å². The van der Waals surface area contributed by atoms with Crippen LogP contribution >= 0.6 is 0 Å². The zero-order chi connectivity index (χ0) is 20.8. The summed E-state index contributed by atoms with van der Waals surface area (Å²) in [5, 5.41) is 8.76. The molecule has 3 aromatic rings. The lowest BCUT2D eigenvalue weighted by Gasteiger charge is -2.12. The molecule has 7 heteroatoms. The van der Waals surface area contributed by atoms with Crippen molar-refractivity contribution in [2.45, 2.75) is 27.2 Å². The number of nitrogens with one attached hydrogen (secondary N) is 3. The number of aryl methyl sites for hydroxylation is 2. The van der Waals surface area contributed by atoms with Crippen LogP contribution < -0.4 is 16.0 Å². The van der Waals surface area contributed by atoms with Crippen molar-refractivity contribution in [3.05, 3.63) is 71.7 Å². The fourth-order valence-corrected chi connectivity index (χ4v) is 2.88. The number of benzene rings is 2. The Balaban J connectivity index is 1.67. The molecule has 0 saturated carbocycles. The van der Waals surface area contributed by atoms with E-state index in [9.17, 15) is 9.59 Å². The molecule has 7 nitrogen and oxygen atoms in total. The van der Waals surface area contributed by atoms with Crippen LogP contribution in [0.15, 0.2) is 54.9 Å². The quantitative estimate of drug-likeness (QED) is 0.584. The molecule has 0 atom stereocenters. The molecule has 0 aliphatic heterocycles. The smallest absolute Gasteiger partial charge is 0.275 e. The number of carbonyl (C=O) groups is 2. The van der Waals surface area contributed by atoms with Crippen molar-refractivity contribution in [2.24, 2.45) is 0 Å². The molecule has 0 aliphatic carbocycles. The molecule has 2 amide bonds. The third kappa shape index (κ3) is 5.16. The van der Waals surface area contributed by atoms with Crippen LogP contribution in [0.5, 0.6) is 0 Å². The number of amides is 2. The number of carbonyl (C=O) groups excluding carboxylic acids is 2. The largest absolute Gasteiger partial charge is 0.339 e. The Bertz CT molecular complexity index is 1010. The highest BCUT2D eigenvalue weighted by atomic mass is 16.2. The number of aromatic nitrogens is 2. The fourth-order valence-electron chi connectivity index (χ4n) is 2.88. The number of hydrogen-bond donors (Lipinski definition) is 3. The summed E-state index contributed by atoms with van der Waals surface area (Å²) in [5.41, 5.74) is 4.64. The molecule has 0 radical (unpaired) electrons. The number of para-hydroxylation sites is 1. The average Bonchev–Trinajstić information content (AvgIpc) is 2.71. The minimum Gasteiger partial charge on any atom is -0.339 e. The Kier molecular flexibility index (Phi) is 6.19. The molecule has 0 bridgehead atoms. The van der Waals surface area contributed by atoms with Gasteiger partial charge in [-0.3, -0.25) is 9.59 Å². The molecular weight excluding hydrogens is 366 g/mol. The lowest BCUT2D eigenvalue weighted by atomic mass is 10.1. The van der Waals surface area contributed by atoms with Crippen molar-refractivity contribution in [1.29, 1.82) is 0 Å². The van der Waals surface area contributed by atoms with Gasteiger partial charge in [0.25, 0.3) is 5.91 Å². The fraction of sp³-hybridized carbons (Fsp3) is 0.182. The first-order valence-electron chi connectivity index (χ1n) is 9.33. The van der Waals surface area contributed by atoms with E-state index in [4.69, 9.17) is 0 Å². The van der Waals surface area contributed by atoms with E-state index < -0.39 is 0 Å². The zero-order valence-electron chi connectivity index (χ0n) is 16.6. The number of rotatable bonds is 6. The lowest BCUT2D eigenvalue weighted by Crippen LogP contribution is -2.16. The Labute approximate surface area is 169 Å². The van der Waals surface area contributed by atoms with Gasteiger partial charge in [0, 0.05) is 24.0 Å². The molecule has 1 aromatic heterocycles. The molecular formula is C22H23N5O2. The van der Waals surface area contributed by atoms with E-state index >= 15 is 0 Å². The standard InChI is InChI=1S/C22H23N5O2/c1-4-16-7-5-6-14(2)21(16)27-22(29)19-12-24-20(13-23-19)26-18-10-8-17(9-11-18)25-15(3)28/h5-13H,4H2,1-3H3,(H,24,26)(H,25,28)(H,27,29). The van der Waals surface area contributed by atoms with Crippen LogP contribution in [0.2, 0.25) is 0 Å². The van der Waals surface area contributed by atoms with E-state index in [0.29, 0.717) is 11.5 Å². The summed E-state index contributed by atoms with van der Waals surface area (Å²) in [6, 6.07) is 13.1. The van der Waals surface area contributed by atoms with Gasteiger partial charge in [-0.05, 0) is 48.7 Å². The summed E-state index contributed by atoms with van der Waals surface area (Å²) >= 11 is 0. The van der Waals surface area contributed by atoms with Crippen LogP contribution in [0, 0.1) is 6.92 Å². The molecule has 0 fully saturated rings. The number of nitrogens with zero attached hydrogens (tertiary/aromatic N) is 2. The van der Waals surface area contributed by atoms with Gasteiger partial charge in [-0.15, -0.1) is 0 Å². The summed E-state index contributed by atoms with van der Waals surface area (Å²) in [7, 11) is 0. The molecule has 0 saturated heterocycles. The Morgan fingerprint density at radius 1 is 0.931 bits per heavy atom. The van der Waals surface area contributed by atoms with Crippen molar-refractivity contribution in [3.63, 3.8) is 0 Å². The van der Waals surface area contributed by atoms with Crippen molar-refractivity contribution in [3.8, 4) is 0 Å². The van der Waals surface area contributed by atoms with E-state index in [-0.39, 0.29) is 17.5 Å². The summed E-state index contributed by atoms with van der Waals surface area (Å²) < 4.78 is 0. The average molecular weight is 389 g/mol. The first-order chi connectivity index (χ1) is 14.0. The Morgan fingerprint density at radius 3 is 2.28 bits per heavy atom. The van der Waals surface area contributed by atoms with Gasteiger partial charge in [0.05, 0.1) is 12.4 Å². The van der Waals surface area contributed by atoms with Crippen molar-refractivity contribution < 1.29 is 9.59 Å². The van der Waals surface area contributed by atoms with E-state index in [0.717, 1.165) is 28.9 Å². The van der Waals surface area contributed by atoms with Gasteiger partial charge in [0.1, 0.15) is 11.5 Å². The van der Waals surface area contributed by atoms with E-state index in [1.807, 2.05) is 44.2 Å². The van der Waals surface area contributed by atoms with Crippen molar-refractivity contribution in [2.75, 3.05) is 16.0 Å². The molecule has 148 valence electrons.